The predicted octanol–water partition coefficient (Wildman–Crippen LogP) is 3.14. The van der Waals surface area contributed by atoms with Gasteiger partial charge < -0.3 is 15.4 Å². The van der Waals surface area contributed by atoms with E-state index in [4.69, 9.17) is 15.9 Å². The normalized spacial score (nSPS) is 25.3. The Kier molecular flexibility index (Phi) is 4.04. The van der Waals surface area contributed by atoms with E-state index >= 15 is 0 Å². The molecule has 0 amide bonds. The average molecular weight is 287 g/mol. The number of amidine groups is 1. The summed E-state index contributed by atoms with van der Waals surface area (Å²) >= 11 is 0. The van der Waals surface area contributed by atoms with Crippen LogP contribution in [0, 0.1) is 11.3 Å². The molecule has 1 saturated carbocycles. The summed E-state index contributed by atoms with van der Waals surface area (Å²) in [5, 5.41) is 7.86. The van der Waals surface area contributed by atoms with Crippen molar-refractivity contribution in [1.82, 2.24) is 0 Å². The average Bonchev–Trinajstić information content (AvgIpc) is 2.53. The number of hydrogen-bond donors (Lipinski definition) is 2. The maximum atomic E-state index is 7.86. The minimum absolute atomic E-state index is 0.144. The number of piperidine rings is 1. The Morgan fingerprint density at radius 2 is 2.00 bits per heavy atom. The summed E-state index contributed by atoms with van der Waals surface area (Å²) in [5.41, 5.74) is 7.71. The van der Waals surface area contributed by atoms with Crippen molar-refractivity contribution in [3.8, 4) is 5.75 Å². The molecule has 114 valence electrons. The summed E-state index contributed by atoms with van der Waals surface area (Å²) in [6.45, 7) is 1.06. The molecule has 21 heavy (non-hydrogen) atoms. The molecule has 3 rings (SSSR count). The van der Waals surface area contributed by atoms with Crippen LogP contribution in [0.25, 0.3) is 0 Å². The van der Waals surface area contributed by atoms with Gasteiger partial charge in [0.05, 0.1) is 12.8 Å². The number of nitrogens with two attached hydrogens (primary N) is 1. The van der Waals surface area contributed by atoms with Gasteiger partial charge in [0.15, 0.2) is 0 Å². The van der Waals surface area contributed by atoms with E-state index in [1.807, 2.05) is 18.2 Å². The van der Waals surface area contributed by atoms with E-state index in [9.17, 15) is 0 Å². The lowest BCUT2D eigenvalue weighted by Gasteiger charge is -2.46. The summed E-state index contributed by atoms with van der Waals surface area (Å²) in [6, 6.07) is 6.47. The standard InChI is InChI=1S/C17H25N3O/c1-21-13-8-9-14(17(18)19)16(11-13)20-10-4-6-12-5-2-3-7-15(12)20/h8-9,11-12,15H,2-7,10H2,1H3,(H3,18,19)/t12-,15-/m1/s1. The number of hydrogen-bond acceptors (Lipinski definition) is 3. The van der Waals surface area contributed by atoms with E-state index in [2.05, 4.69) is 4.90 Å². The third-order valence-corrected chi connectivity index (χ3v) is 5.05. The highest BCUT2D eigenvalue weighted by Gasteiger charge is 2.34. The first-order chi connectivity index (χ1) is 10.2. The van der Waals surface area contributed by atoms with Gasteiger partial charge in [0, 0.05) is 24.2 Å². The molecular formula is C17H25N3O. The maximum Gasteiger partial charge on any atom is 0.124 e. The monoisotopic (exact) mass is 287 g/mol. The van der Waals surface area contributed by atoms with E-state index < -0.39 is 0 Å². The zero-order chi connectivity index (χ0) is 14.8. The van der Waals surface area contributed by atoms with Crippen LogP contribution in [0.15, 0.2) is 18.2 Å². The molecule has 4 heteroatoms. The van der Waals surface area contributed by atoms with Crippen LogP contribution in [0.4, 0.5) is 5.69 Å². The fraction of sp³-hybridized carbons (Fsp3) is 0.588. The molecule has 4 nitrogen and oxygen atoms in total. The molecule has 0 aromatic heterocycles. The minimum Gasteiger partial charge on any atom is -0.497 e. The lowest BCUT2D eigenvalue weighted by molar-refractivity contribution is 0.243. The number of rotatable bonds is 3. The van der Waals surface area contributed by atoms with Crippen LogP contribution >= 0.6 is 0 Å². The molecule has 0 bridgehead atoms. The molecule has 2 aliphatic rings. The van der Waals surface area contributed by atoms with Crippen molar-refractivity contribution in [2.24, 2.45) is 11.7 Å². The van der Waals surface area contributed by atoms with Gasteiger partial charge >= 0.3 is 0 Å². The van der Waals surface area contributed by atoms with Crippen molar-refractivity contribution >= 4 is 11.5 Å². The molecule has 1 heterocycles. The number of anilines is 1. The van der Waals surface area contributed by atoms with Crippen LogP contribution in [0.2, 0.25) is 0 Å². The van der Waals surface area contributed by atoms with Gasteiger partial charge in [-0.3, -0.25) is 5.41 Å². The largest absolute Gasteiger partial charge is 0.497 e. The molecule has 2 atom stereocenters. The van der Waals surface area contributed by atoms with Crippen molar-refractivity contribution in [3.05, 3.63) is 23.8 Å². The molecule has 0 radical (unpaired) electrons. The Morgan fingerprint density at radius 3 is 2.76 bits per heavy atom. The Bertz CT molecular complexity index is 527. The van der Waals surface area contributed by atoms with Crippen molar-refractivity contribution in [3.63, 3.8) is 0 Å². The van der Waals surface area contributed by atoms with Crippen LogP contribution in [-0.2, 0) is 0 Å². The van der Waals surface area contributed by atoms with E-state index in [1.165, 1.54) is 38.5 Å². The van der Waals surface area contributed by atoms with Crippen LogP contribution in [-0.4, -0.2) is 25.5 Å². The van der Waals surface area contributed by atoms with Gasteiger partial charge in [0.1, 0.15) is 11.6 Å². The van der Waals surface area contributed by atoms with Gasteiger partial charge in [-0.05, 0) is 43.7 Å². The van der Waals surface area contributed by atoms with E-state index in [-0.39, 0.29) is 5.84 Å². The lowest BCUT2D eigenvalue weighted by Crippen LogP contribution is -2.47. The van der Waals surface area contributed by atoms with E-state index in [0.717, 1.165) is 29.5 Å². The van der Waals surface area contributed by atoms with Gasteiger partial charge in [-0.15, -0.1) is 0 Å². The quantitative estimate of drug-likeness (QED) is 0.663. The molecule has 0 unspecified atom stereocenters. The van der Waals surface area contributed by atoms with Crippen molar-refractivity contribution < 1.29 is 4.74 Å². The van der Waals surface area contributed by atoms with Crippen LogP contribution in [0.3, 0.4) is 0 Å². The van der Waals surface area contributed by atoms with E-state index in [0.29, 0.717) is 6.04 Å². The number of nitrogens with one attached hydrogen (secondary N) is 1. The number of nitrogens with zero attached hydrogens (tertiary/aromatic N) is 1. The van der Waals surface area contributed by atoms with Crippen LogP contribution in [0.5, 0.6) is 5.75 Å². The first-order valence-electron chi connectivity index (χ1n) is 8.00. The molecule has 1 aromatic carbocycles. The second kappa shape index (κ2) is 5.96. The molecule has 1 saturated heterocycles. The Hall–Kier alpha value is -1.71. The number of methoxy groups -OCH3 is 1. The maximum absolute atomic E-state index is 7.86. The molecule has 1 aromatic rings. The SMILES string of the molecule is COc1ccc(C(=N)N)c(N2CCC[C@H]3CCCC[C@H]32)c1. The van der Waals surface area contributed by atoms with Gasteiger partial charge in [-0.2, -0.15) is 0 Å². The Labute approximate surface area is 126 Å². The fourth-order valence-corrected chi connectivity index (χ4v) is 4.03. The summed E-state index contributed by atoms with van der Waals surface area (Å²) in [6.07, 6.45) is 7.87. The smallest absolute Gasteiger partial charge is 0.124 e. The van der Waals surface area contributed by atoms with Gasteiger partial charge in [0.25, 0.3) is 0 Å². The molecule has 2 fully saturated rings. The third kappa shape index (κ3) is 2.71. The first kappa shape index (κ1) is 14.2. The second-order valence-electron chi connectivity index (χ2n) is 6.24. The van der Waals surface area contributed by atoms with Gasteiger partial charge in [-0.25, -0.2) is 0 Å². The fourth-order valence-electron chi connectivity index (χ4n) is 4.03. The lowest BCUT2D eigenvalue weighted by atomic mass is 9.78. The first-order valence-corrected chi connectivity index (χ1v) is 8.00. The number of nitrogen functional groups attached to an aromatic ring is 1. The van der Waals surface area contributed by atoms with Crippen LogP contribution in [0.1, 0.15) is 44.1 Å². The summed E-state index contributed by atoms with van der Waals surface area (Å²) in [7, 11) is 1.69. The van der Waals surface area contributed by atoms with Crippen molar-refractivity contribution in [2.45, 2.75) is 44.6 Å². The van der Waals surface area contributed by atoms with Crippen molar-refractivity contribution in [2.75, 3.05) is 18.6 Å². The third-order valence-electron chi connectivity index (χ3n) is 5.05. The zero-order valence-electron chi connectivity index (χ0n) is 12.8. The predicted molar refractivity (Wildman–Crippen MR) is 86.3 cm³/mol. The molecule has 3 N–H and O–H groups in total. The number of ether oxygens (including phenoxy) is 1. The second-order valence-corrected chi connectivity index (χ2v) is 6.24. The highest BCUT2D eigenvalue weighted by molar-refractivity contribution is 6.00. The Balaban J connectivity index is 1.98. The summed E-state index contributed by atoms with van der Waals surface area (Å²) < 4.78 is 5.38. The molecule has 0 spiro atoms. The summed E-state index contributed by atoms with van der Waals surface area (Å²) in [4.78, 5) is 2.49. The van der Waals surface area contributed by atoms with Gasteiger partial charge in [-0.1, -0.05) is 12.8 Å². The number of benzene rings is 1. The van der Waals surface area contributed by atoms with Gasteiger partial charge in [0.2, 0.25) is 0 Å². The van der Waals surface area contributed by atoms with E-state index in [1.54, 1.807) is 7.11 Å². The molecule has 1 aliphatic carbocycles. The zero-order valence-corrected chi connectivity index (χ0v) is 12.8. The Morgan fingerprint density at radius 1 is 1.24 bits per heavy atom. The molecule has 1 aliphatic heterocycles. The minimum atomic E-state index is 0.144. The highest BCUT2D eigenvalue weighted by Crippen LogP contribution is 2.39. The summed E-state index contributed by atoms with van der Waals surface area (Å²) in [5.74, 6) is 1.79. The topological polar surface area (TPSA) is 62.3 Å². The molecular weight excluding hydrogens is 262 g/mol. The van der Waals surface area contributed by atoms with Crippen molar-refractivity contribution in [1.29, 1.82) is 5.41 Å². The van der Waals surface area contributed by atoms with Crippen LogP contribution < -0.4 is 15.4 Å². The number of fused-ring (bicyclic) bond motifs is 1. The highest BCUT2D eigenvalue weighted by atomic mass is 16.5.